The van der Waals surface area contributed by atoms with Gasteiger partial charge in [0.1, 0.15) is 0 Å². The fourth-order valence-electron chi connectivity index (χ4n) is 0.486. The zero-order valence-electron chi connectivity index (χ0n) is 7.96. The molecule has 0 amide bonds. The normalized spacial score (nSPS) is 14.3. The van der Waals surface area contributed by atoms with Gasteiger partial charge in [-0.1, -0.05) is 6.92 Å². The Morgan fingerprint density at radius 3 is 2.25 bits per heavy atom. The van der Waals surface area contributed by atoms with Crippen LogP contribution in [0.3, 0.4) is 0 Å². The average Bonchev–Trinajstić information content (AvgIpc) is 1.85. The van der Waals surface area contributed by atoms with Gasteiger partial charge in [-0.3, -0.25) is 0 Å². The minimum Gasteiger partial charge on any atom is -0.479 e. The first-order chi connectivity index (χ1) is 5.37. The van der Waals surface area contributed by atoms with E-state index in [0.29, 0.717) is 6.42 Å². The fraction of sp³-hybridized carbons (Fsp3) is 0.875. The molecule has 0 aliphatic carbocycles. The molecule has 0 aromatic heterocycles. The van der Waals surface area contributed by atoms with E-state index in [0.717, 1.165) is 0 Å². The standard InChI is InChI=1S/C8H16O4/c1-5-6(7(9)10)11-12-8(2,3)4/h6H,5H2,1-4H3,(H,9,10). The second kappa shape index (κ2) is 4.42. The Balaban J connectivity index is 3.81. The Hall–Kier alpha value is -0.610. The minimum absolute atomic E-state index is 0.394. The lowest BCUT2D eigenvalue weighted by atomic mass is 10.2. The molecule has 0 saturated heterocycles. The molecular formula is C8H16O4. The number of carbonyl (C=O) groups is 1. The van der Waals surface area contributed by atoms with Gasteiger partial charge in [-0.05, 0) is 27.2 Å². The first-order valence-corrected chi connectivity index (χ1v) is 3.94. The number of carboxylic acids is 1. The Bertz CT molecular complexity index is 148. The van der Waals surface area contributed by atoms with Crippen molar-refractivity contribution in [1.82, 2.24) is 0 Å². The number of hydrogen-bond acceptors (Lipinski definition) is 3. The van der Waals surface area contributed by atoms with Crippen molar-refractivity contribution in [3.05, 3.63) is 0 Å². The Kier molecular flexibility index (Phi) is 4.20. The van der Waals surface area contributed by atoms with Crippen molar-refractivity contribution in [2.45, 2.75) is 45.8 Å². The minimum atomic E-state index is -0.998. The molecule has 0 heterocycles. The van der Waals surface area contributed by atoms with Gasteiger partial charge in [0.05, 0.1) is 5.60 Å². The molecule has 72 valence electrons. The van der Waals surface area contributed by atoms with E-state index in [4.69, 9.17) is 14.9 Å². The van der Waals surface area contributed by atoms with Crippen LogP contribution in [-0.4, -0.2) is 22.8 Å². The summed E-state index contributed by atoms with van der Waals surface area (Å²) < 4.78 is 0. The maximum Gasteiger partial charge on any atom is 0.336 e. The van der Waals surface area contributed by atoms with Gasteiger partial charge in [0, 0.05) is 0 Å². The van der Waals surface area contributed by atoms with Gasteiger partial charge in [0.15, 0.2) is 6.10 Å². The lowest BCUT2D eigenvalue weighted by molar-refractivity contribution is -0.367. The van der Waals surface area contributed by atoms with E-state index in [9.17, 15) is 4.79 Å². The van der Waals surface area contributed by atoms with Gasteiger partial charge in [0.25, 0.3) is 0 Å². The van der Waals surface area contributed by atoms with E-state index < -0.39 is 17.7 Å². The smallest absolute Gasteiger partial charge is 0.336 e. The summed E-state index contributed by atoms with van der Waals surface area (Å²) in [5, 5.41) is 8.57. The average molecular weight is 176 g/mol. The molecule has 12 heavy (non-hydrogen) atoms. The monoisotopic (exact) mass is 176 g/mol. The summed E-state index contributed by atoms with van der Waals surface area (Å²) in [6.07, 6.45) is -0.477. The van der Waals surface area contributed by atoms with Gasteiger partial charge in [0.2, 0.25) is 0 Å². The van der Waals surface area contributed by atoms with Crippen molar-refractivity contribution in [2.24, 2.45) is 0 Å². The van der Waals surface area contributed by atoms with Crippen molar-refractivity contribution in [1.29, 1.82) is 0 Å². The lowest BCUT2D eigenvalue weighted by Crippen LogP contribution is -2.28. The van der Waals surface area contributed by atoms with E-state index >= 15 is 0 Å². The van der Waals surface area contributed by atoms with Crippen LogP contribution >= 0.6 is 0 Å². The van der Waals surface area contributed by atoms with Crippen molar-refractivity contribution >= 4 is 5.97 Å². The van der Waals surface area contributed by atoms with E-state index in [2.05, 4.69) is 0 Å². The second-order valence-electron chi connectivity index (χ2n) is 3.53. The predicted octanol–water partition coefficient (Wildman–Crippen LogP) is 1.60. The van der Waals surface area contributed by atoms with E-state index in [-0.39, 0.29) is 0 Å². The van der Waals surface area contributed by atoms with Gasteiger partial charge in [-0.2, -0.15) is 0 Å². The molecule has 0 saturated carbocycles. The SMILES string of the molecule is CCC(OOC(C)(C)C)C(=O)O. The Morgan fingerprint density at radius 2 is 2.00 bits per heavy atom. The highest BCUT2D eigenvalue weighted by Crippen LogP contribution is 2.10. The van der Waals surface area contributed by atoms with Gasteiger partial charge >= 0.3 is 5.97 Å². The molecule has 1 N–H and O–H groups in total. The zero-order chi connectivity index (χ0) is 9.78. The quantitative estimate of drug-likeness (QED) is 0.522. The van der Waals surface area contributed by atoms with Crippen LogP contribution in [0.25, 0.3) is 0 Å². The zero-order valence-corrected chi connectivity index (χ0v) is 7.96. The molecule has 0 fully saturated rings. The maximum atomic E-state index is 10.4. The van der Waals surface area contributed by atoms with Crippen LogP contribution in [0.5, 0.6) is 0 Å². The molecule has 4 heteroatoms. The maximum absolute atomic E-state index is 10.4. The largest absolute Gasteiger partial charge is 0.479 e. The summed E-state index contributed by atoms with van der Waals surface area (Å²) in [5.74, 6) is -0.998. The third-order valence-electron chi connectivity index (χ3n) is 1.06. The van der Waals surface area contributed by atoms with Crippen molar-refractivity contribution in [3.63, 3.8) is 0 Å². The van der Waals surface area contributed by atoms with Crippen LogP contribution in [0.2, 0.25) is 0 Å². The molecule has 4 nitrogen and oxygen atoms in total. The molecule has 1 unspecified atom stereocenters. The van der Waals surface area contributed by atoms with E-state index in [1.165, 1.54) is 0 Å². The number of aliphatic carboxylic acids is 1. The van der Waals surface area contributed by atoms with Crippen LogP contribution in [0.1, 0.15) is 34.1 Å². The van der Waals surface area contributed by atoms with Gasteiger partial charge in [-0.25, -0.2) is 14.6 Å². The highest BCUT2D eigenvalue weighted by molar-refractivity contribution is 5.71. The number of hydrogen-bond donors (Lipinski definition) is 1. The summed E-state index contributed by atoms with van der Waals surface area (Å²) in [4.78, 5) is 20.0. The first kappa shape index (κ1) is 11.4. The van der Waals surface area contributed by atoms with E-state index in [1.54, 1.807) is 27.7 Å². The fourth-order valence-corrected chi connectivity index (χ4v) is 0.486. The highest BCUT2D eigenvalue weighted by Gasteiger charge is 2.20. The molecule has 0 aliphatic heterocycles. The summed E-state index contributed by atoms with van der Waals surface area (Å²) in [6, 6.07) is 0. The first-order valence-electron chi connectivity index (χ1n) is 3.94. The van der Waals surface area contributed by atoms with Crippen LogP contribution in [-0.2, 0) is 14.6 Å². The summed E-state index contributed by atoms with van der Waals surface area (Å²) in [6.45, 7) is 7.11. The third kappa shape index (κ3) is 5.09. The molecule has 0 aromatic carbocycles. The van der Waals surface area contributed by atoms with E-state index in [1.807, 2.05) is 0 Å². The van der Waals surface area contributed by atoms with Crippen molar-refractivity contribution < 1.29 is 19.7 Å². The van der Waals surface area contributed by atoms with Crippen LogP contribution in [0, 0.1) is 0 Å². The van der Waals surface area contributed by atoms with Crippen LogP contribution < -0.4 is 0 Å². The lowest BCUT2D eigenvalue weighted by Gasteiger charge is -2.20. The molecule has 0 spiro atoms. The molecule has 0 aromatic rings. The molecular weight excluding hydrogens is 160 g/mol. The van der Waals surface area contributed by atoms with Gasteiger partial charge < -0.3 is 5.11 Å². The molecule has 0 aliphatic rings. The second-order valence-corrected chi connectivity index (χ2v) is 3.53. The third-order valence-corrected chi connectivity index (χ3v) is 1.06. The summed E-state index contributed by atoms with van der Waals surface area (Å²) in [7, 11) is 0. The predicted molar refractivity (Wildman–Crippen MR) is 43.6 cm³/mol. The molecule has 0 radical (unpaired) electrons. The van der Waals surface area contributed by atoms with Crippen molar-refractivity contribution in [2.75, 3.05) is 0 Å². The Labute approximate surface area is 72.4 Å². The molecule has 0 bridgehead atoms. The summed E-state index contributed by atoms with van der Waals surface area (Å²) in [5.41, 5.74) is -0.469. The van der Waals surface area contributed by atoms with Gasteiger partial charge in [-0.15, -0.1) is 0 Å². The Morgan fingerprint density at radius 1 is 1.50 bits per heavy atom. The molecule has 0 rings (SSSR count). The van der Waals surface area contributed by atoms with Crippen LogP contribution in [0.4, 0.5) is 0 Å². The highest BCUT2D eigenvalue weighted by atomic mass is 17.2. The molecule has 1 atom stereocenters. The topological polar surface area (TPSA) is 55.8 Å². The van der Waals surface area contributed by atoms with Crippen molar-refractivity contribution in [3.8, 4) is 0 Å². The number of carboxylic acid groups (broad SMARTS) is 1. The number of rotatable bonds is 4. The summed E-state index contributed by atoms with van der Waals surface area (Å²) >= 11 is 0. The van der Waals surface area contributed by atoms with Crippen LogP contribution in [0.15, 0.2) is 0 Å².